The van der Waals surface area contributed by atoms with Gasteiger partial charge in [0, 0.05) is 57.0 Å². The van der Waals surface area contributed by atoms with E-state index < -0.39 is 24.7 Å². The largest absolute Gasteiger partial charge is 0.406 e. The minimum atomic E-state index is -4.40. The average molecular weight is 479 g/mol. The van der Waals surface area contributed by atoms with E-state index in [0.29, 0.717) is 13.0 Å². The zero-order valence-corrected chi connectivity index (χ0v) is 19.3. The molecule has 0 radical (unpaired) electrons. The predicted octanol–water partition coefficient (Wildman–Crippen LogP) is 2.12. The number of carbonyl (C=O) groups excluding carboxylic acids is 1. The molecule has 7 nitrogen and oxygen atoms in total. The van der Waals surface area contributed by atoms with Crippen LogP contribution in [-0.2, 0) is 4.79 Å². The second-order valence-electron chi connectivity index (χ2n) is 10.7. The summed E-state index contributed by atoms with van der Waals surface area (Å²) in [7, 11) is 0. The Labute approximate surface area is 198 Å². The fraction of sp³-hybridized carbons (Fsp3) is 0.750. The summed E-state index contributed by atoms with van der Waals surface area (Å²) in [6.07, 6.45) is 2.28. The smallest absolute Gasteiger partial charge is 0.354 e. The van der Waals surface area contributed by atoms with Crippen LogP contribution in [0, 0.1) is 11.8 Å². The molecular weight excluding hydrogens is 445 g/mol. The summed E-state index contributed by atoms with van der Waals surface area (Å²) in [5.74, 6) is 0.310. The molecule has 5 fully saturated rings. The molecule has 0 aromatic carbocycles. The van der Waals surface area contributed by atoms with Crippen LogP contribution in [0.15, 0.2) is 18.3 Å². The van der Waals surface area contributed by atoms with Gasteiger partial charge in [-0.1, -0.05) is 6.07 Å². The molecule has 3 saturated heterocycles. The van der Waals surface area contributed by atoms with Crippen LogP contribution < -0.4 is 15.8 Å². The Morgan fingerprint density at radius 1 is 1.09 bits per heavy atom. The number of piperazine rings is 1. The predicted molar refractivity (Wildman–Crippen MR) is 121 cm³/mol. The van der Waals surface area contributed by atoms with E-state index >= 15 is 0 Å². The number of rotatable bonds is 4. The molecule has 5 atom stereocenters. The zero-order valence-electron chi connectivity index (χ0n) is 19.3. The van der Waals surface area contributed by atoms with Gasteiger partial charge >= 0.3 is 6.18 Å². The quantitative estimate of drug-likeness (QED) is 0.692. The van der Waals surface area contributed by atoms with E-state index in [-0.39, 0.29) is 23.8 Å². The molecule has 1 aromatic rings. The standard InChI is InChI=1S/C24H33F3N6O/c25-24(26,27)14-33-20-12-15(3-6-18(20)21-19(23(33)34)13-29-30-21)17-2-1-7-28-22(17)32-10-8-31(9-11-32)16-4-5-16/h1-2,7,15-16,18-21,29-30H,3-6,8-14H2. The van der Waals surface area contributed by atoms with E-state index in [4.69, 9.17) is 4.98 Å². The molecule has 4 heterocycles. The van der Waals surface area contributed by atoms with E-state index in [1.165, 1.54) is 12.8 Å². The normalized spacial score (nSPS) is 34.8. The molecule has 1 amide bonds. The molecule has 0 bridgehead atoms. The van der Waals surface area contributed by atoms with Crippen LogP contribution in [-0.4, -0.2) is 84.3 Å². The van der Waals surface area contributed by atoms with E-state index in [9.17, 15) is 18.0 Å². The van der Waals surface area contributed by atoms with Gasteiger partial charge in [-0.3, -0.25) is 20.5 Å². The third-order valence-electron chi connectivity index (χ3n) is 8.64. The fourth-order valence-electron chi connectivity index (χ4n) is 6.89. The van der Waals surface area contributed by atoms with Crippen LogP contribution in [0.5, 0.6) is 0 Å². The Morgan fingerprint density at radius 3 is 2.62 bits per heavy atom. The highest BCUT2D eigenvalue weighted by atomic mass is 19.4. The Balaban J connectivity index is 1.24. The van der Waals surface area contributed by atoms with Crippen molar-refractivity contribution in [3.63, 3.8) is 0 Å². The third kappa shape index (κ3) is 4.18. The molecule has 2 N–H and O–H groups in total. The number of piperidine rings is 1. The van der Waals surface area contributed by atoms with Crippen molar-refractivity contribution < 1.29 is 18.0 Å². The van der Waals surface area contributed by atoms with E-state index in [1.54, 1.807) is 0 Å². The number of aromatic nitrogens is 1. The van der Waals surface area contributed by atoms with Gasteiger partial charge in [0.05, 0.1) is 5.92 Å². The maximum atomic E-state index is 13.5. The van der Waals surface area contributed by atoms with Crippen molar-refractivity contribution in [2.24, 2.45) is 11.8 Å². The van der Waals surface area contributed by atoms with Gasteiger partial charge in [-0.05, 0) is 55.6 Å². The number of carbonyl (C=O) groups is 1. The SMILES string of the molecule is O=C1C2CNNC2C2CCC(c3cccnc3N3CCN(C4CC4)CC3)CC2N1CC(F)(F)F. The van der Waals surface area contributed by atoms with Crippen molar-refractivity contribution in [1.29, 1.82) is 0 Å². The van der Waals surface area contributed by atoms with Gasteiger partial charge in [-0.25, -0.2) is 4.98 Å². The molecule has 3 aliphatic heterocycles. The number of likely N-dealkylation sites (tertiary alicyclic amines) is 1. The number of hydrogen-bond donors (Lipinski definition) is 2. The highest BCUT2D eigenvalue weighted by Gasteiger charge is 2.54. The number of fused-ring (bicyclic) bond motifs is 3. The number of anilines is 1. The summed E-state index contributed by atoms with van der Waals surface area (Å²) in [6, 6.07) is 4.28. The minimum Gasteiger partial charge on any atom is -0.354 e. The fourth-order valence-corrected chi connectivity index (χ4v) is 6.89. The van der Waals surface area contributed by atoms with Crippen molar-refractivity contribution in [2.75, 3.05) is 44.2 Å². The van der Waals surface area contributed by atoms with Gasteiger partial charge < -0.3 is 9.80 Å². The van der Waals surface area contributed by atoms with Gasteiger partial charge in [0.2, 0.25) is 5.91 Å². The lowest BCUT2D eigenvalue weighted by atomic mass is 9.67. The van der Waals surface area contributed by atoms with Gasteiger partial charge in [-0.15, -0.1) is 0 Å². The third-order valence-corrected chi connectivity index (χ3v) is 8.64. The number of hydrogen-bond acceptors (Lipinski definition) is 6. The minimum absolute atomic E-state index is 0.0264. The lowest BCUT2D eigenvalue weighted by Gasteiger charge is -2.50. The van der Waals surface area contributed by atoms with Gasteiger partial charge in [0.25, 0.3) is 0 Å². The highest BCUT2D eigenvalue weighted by molar-refractivity contribution is 5.82. The molecule has 34 heavy (non-hydrogen) atoms. The molecule has 2 aliphatic carbocycles. The Hall–Kier alpha value is -1.91. The lowest BCUT2D eigenvalue weighted by Crippen LogP contribution is -2.63. The molecule has 2 saturated carbocycles. The topological polar surface area (TPSA) is 63.7 Å². The van der Waals surface area contributed by atoms with Crippen molar-refractivity contribution in [3.05, 3.63) is 23.9 Å². The first-order valence-electron chi connectivity index (χ1n) is 12.7. The van der Waals surface area contributed by atoms with Crippen LogP contribution in [0.2, 0.25) is 0 Å². The molecular formula is C24H33F3N6O. The van der Waals surface area contributed by atoms with Crippen LogP contribution in [0.25, 0.3) is 0 Å². The summed E-state index contributed by atoms with van der Waals surface area (Å²) in [5.41, 5.74) is 7.35. The Bertz CT molecular complexity index is 916. The molecule has 5 aliphatic rings. The first kappa shape index (κ1) is 22.5. The van der Waals surface area contributed by atoms with Crippen molar-refractivity contribution in [3.8, 4) is 0 Å². The molecule has 1 aromatic heterocycles. The summed E-state index contributed by atoms with van der Waals surface area (Å²) in [4.78, 5) is 23.9. The van der Waals surface area contributed by atoms with Crippen molar-refractivity contribution >= 4 is 11.7 Å². The lowest BCUT2D eigenvalue weighted by molar-refractivity contribution is -0.178. The zero-order chi connectivity index (χ0) is 23.4. The van der Waals surface area contributed by atoms with Gasteiger partial charge in [0.1, 0.15) is 12.4 Å². The number of amides is 1. The molecule has 0 spiro atoms. The van der Waals surface area contributed by atoms with Crippen molar-refractivity contribution in [1.82, 2.24) is 25.6 Å². The maximum Gasteiger partial charge on any atom is 0.406 e. The monoisotopic (exact) mass is 478 g/mol. The molecule has 186 valence electrons. The number of nitrogens with zero attached hydrogens (tertiary/aromatic N) is 4. The molecule has 10 heteroatoms. The Morgan fingerprint density at radius 2 is 1.88 bits per heavy atom. The summed E-state index contributed by atoms with van der Waals surface area (Å²) in [6.45, 7) is 3.15. The second kappa shape index (κ2) is 8.64. The van der Waals surface area contributed by atoms with Crippen LogP contribution >= 0.6 is 0 Å². The number of halogens is 3. The average Bonchev–Trinajstić information content (AvgIpc) is 3.57. The van der Waals surface area contributed by atoms with Crippen LogP contribution in [0.3, 0.4) is 0 Å². The first-order chi connectivity index (χ1) is 16.4. The number of nitrogens with one attached hydrogen (secondary N) is 2. The molecule has 5 unspecified atom stereocenters. The van der Waals surface area contributed by atoms with E-state index in [2.05, 4.69) is 26.7 Å². The maximum absolute atomic E-state index is 13.5. The first-order valence-corrected chi connectivity index (χ1v) is 12.7. The molecule has 6 rings (SSSR count). The second-order valence-corrected chi connectivity index (χ2v) is 10.7. The van der Waals surface area contributed by atoms with Crippen LogP contribution in [0.4, 0.5) is 19.0 Å². The van der Waals surface area contributed by atoms with Gasteiger partial charge in [-0.2, -0.15) is 13.2 Å². The highest BCUT2D eigenvalue weighted by Crippen LogP contribution is 2.46. The van der Waals surface area contributed by atoms with Gasteiger partial charge in [0.15, 0.2) is 0 Å². The Kier molecular flexibility index (Phi) is 5.73. The van der Waals surface area contributed by atoms with E-state index in [1.807, 2.05) is 12.3 Å². The summed E-state index contributed by atoms with van der Waals surface area (Å²) >= 11 is 0. The summed E-state index contributed by atoms with van der Waals surface area (Å²) < 4.78 is 40.5. The van der Waals surface area contributed by atoms with E-state index in [0.717, 1.165) is 61.3 Å². The van der Waals surface area contributed by atoms with Crippen LogP contribution in [0.1, 0.15) is 43.6 Å². The van der Waals surface area contributed by atoms with Crippen molar-refractivity contribution in [2.45, 2.75) is 62.3 Å². The number of pyridine rings is 1. The number of alkyl halides is 3. The number of hydrazine groups is 1. The summed E-state index contributed by atoms with van der Waals surface area (Å²) in [5, 5.41) is 0.